The van der Waals surface area contributed by atoms with E-state index in [0.717, 1.165) is 0 Å². The Bertz CT molecular complexity index is 1820. The molecule has 0 aromatic heterocycles. The van der Waals surface area contributed by atoms with Crippen molar-refractivity contribution >= 4 is 23.6 Å². The second-order valence-electron chi connectivity index (χ2n) is 14.9. The number of hydrogen-bond acceptors (Lipinski definition) is 11. The van der Waals surface area contributed by atoms with Crippen LogP contribution in [0.4, 0.5) is 0 Å². The molecule has 1 amide bonds. The molecule has 270 valence electrons. The minimum atomic E-state index is -2.19. The molecule has 0 radical (unpaired) electrons. The lowest BCUT2D eigenvalue weighted by atomic mass is 9.42. The quantitative estimate of drug-likeness (QED) is 0.123. The first-order valence-electron chi connectivity index (χ1n) is 16.7. The highest BCUT2D eigenvalue weighted by molar-refractivity contribution is 5.94. The molecule has 1 aromatic rings. The molecule has 5 N–H and O–H groups in total. The summed E-state index contributed by atoms with van der Waals surface area (Å²) in [5, 5.41) is 50.5. The number of fused-ring (bicyclic) bond motifs is 5. The third kappa shape index (κ3) is 6.04. The van der Waals surface area contributed by atoms with Crippen LogP contribution in [0.5, 0.6) is 0 Å². The number of amides is 1. The lowest BCUT2D eigenvalue weighted by Gasteiger charge is -2.67. The van der Waals surface area contributed by atoms with Crippen LogP contribution in [0.15, 0.2) is 41.5 Å². The zero-order valence-corrected chi connectivity index (χ0v) is 29.4. The van der Waals surface area contributed by atoms with Crippen LogP contribution in [0.3, 0.4) is 0 Å². The summed E-state index contributed by atoms with van der Waals surface area (Å²) in [4.78, 5) is 53.8. The van der Waals surface area contributed by atoms with Gasteiger partial charge in [0.05, 0.1) is 30.3 Å². The summed E-state index contributed by atoms with van der Waals surface area (Å²) < 4.78 is 17.7. The van der Waals surface area contributed by atoms with Gasteiger partial charge in [0.2, 0.25) is 5.91 Å². The standard InChI is InChI=1S/C39H43NO11/c1-8-9-10-14-17-27(43)51-34-32-37(6)20-49-26(37)18-25(42)38(32,7)33(46)30(44)28-21(2)24(19-39(34,48)36(28,4)5)50-35(47)31(45)29(40-22(3)41)23-15-12-11-13-16-23/h1,11-13,15-16,24-26,29-32,34,42,44-45,48H,18-20H2,2-7H3,(H,40,41)/t24-,25-,26?,29-,30+,31+,32?,34-,37+,38+,39+/m0/s1. The fourth-order valence-corrected chi connectivity index (χ4v) is 8.89. The first-order valence-corrected chi connectivity index (χ1v) is 16.7. The zero-order chi connectivity index (χ0) is 37.7. The Labute approximate surface area is 296 Å². The van der Waals surface area contributed by atoms with Gasteiger partial charge in [-0.2, -0.15) is 0 Å². The second-order valence-corrected chi connectivity index (χ2v) is 14.9. The number of ketones is 1. The molecule has 2 unspecified atom stereocenters. The van der Waals surface area contributed by atoms with E-state index in [1.54, 1.807) is 44.2 Å². The van der Waals surface area contributed by atoms with Gasteiger partial charge < -0.3 is 40.0 Å². The number of aliphatic hydroxyl groups excluding tert-OH is 3. The minimum absolute atomic E-state index is 0.00559. The van der Waals surface area contributed by atoms with Crippen molar-refractivity contribution in [3.63, 3.8) is 0 Å². The van der Waals surface area contributed by atoms with Gasteiger partial charge in [-0.05, 0) is 54.2 Å². The Kier molecular flexibility index (Phi) is 10.1. The summed E-state index contributed by atoms with van der Waals surface area (Å²) in [6.45, 7) is 9.33. The van der Waals surface area contributed by atoms with Crippen molar-refractivity contribution < 1.29 is 53.8 Å². The first kappa shape index (κ1) is 37.8. The maximum absolute atomic E-state index is 14.6. The van der Waals surface area contributed by atoms with E-state index in [2.05, 4.69) is 34.9 Å². The molecule has 2 saturated carbocycles. The summed E-state index contributed by atoms with van der Waals surface area (Å²) >= 11 is 0. The fourth-order valence-electron chi connectivity index (χ4n) is 8.89. The van der Waals surface area contributed by atoms with Crippen LogP contribution in [0.1, 0.15) is 66.0 Å². The largest absolute Gasteiger partial charge is 0.456 e. The molecule has 1 aliphatic heterocycles. The number of terminal acetylenes is 1. The van der Waals surface area contributed by atoms with Gasteiger partial charge in [-0.1, -0.05) is 51.1 Å². The Morgan fingerprint density at radius 2 is 1.73 bits per heavy atom. The third-order valence-corrected chi connectivity index (χ3v) is 11.7. The molecule has 1 saturated heterocycles. The van der Waals surface area contributed by atoms with Crippen molar-refractivity contribution in [1.82, 2.24) is 5.32 Å². The monoisotopic (exact) mass is 701 g/mol. The van der Waals surface area contributed by atoms with Crippen LogP contribution in [-0.4, -0.2) is 92.9 Å². The SMILES string of the molecule is C#CC#CC#CC(=O)O[C@H]1C2[C@]3(C)COC3C[C@H](O)[C@@]2(C)C(=O)[C@H](O)C2=C(C)[C@@H](OC(=O)[C@H](O)[C@@H](NC(C)=O)c3ccccc3)C[C@]1(O)C2(C)C. The summed E-state index contributed by atoms with van der Waals surface area (Å²) in [6.07, 6.45) is -3.90. The Morgan fingerprint density at radius 3 is 2.31 bits per heavy atom. The number of rotatable bonds is 6. The molecule has 1 aromatic carbocycles. The van der Waals surface area contributed by atoms with E-state index in [0.29, 0.717) is 5.56 Å². The molecule has 0 spiro atoms. The van der Waals surface area contributed by atoms with Crippen molar-refractivity contribution in [3.05, 3.63) is 47.0 Å². The van der Waals surface area contributed by atoms with E-state index in [-0.39, 0.29) is 24.2 Å². The van der Waals surface area contributed by atoms with Gasteiger partial charge in [0.1, 0.15) is 23.9 Å². The maximum Gasteiger partial charge on any atom is 0.385 e. The smallest absolute Gasteiger partial charge is 0.385 e. The van der Waals surface area contributed by atoms with Gasteiger partial charge in [-0.25, -0.2) is 9.59 Å². The van der Waals surface area contributed by atoms with Gasteiger partial charge in [-0.15, -0.1) is 6.42 Å². The van der Waals surface area contributed by atoms with E-state index in [1.807, 2.05) is 6.92 Å². The number of benzene rings is 1. The van der Waals surface area contributed by atoms with Crippen molar-refractivity contribution in [2.24, 2.45) is 22.2 Å². The molecular weight excluding hydrogens is 658 g/mol. The van der Waals surface area contributed by atoms with Gasteiger partial charge in [0.15, 0.2) is 11.9 Å². The van der Waals surface area contributed by atoms with Crippen molar-refractivity contribution in [1.29, 1.82) is 0 Å². The summed E-state index contributed by atoms with van der Waals surface area (Å²) in [5.74, 6) is 6.52. The highest BCUT2D eigenvalue weighted by atomic mass is 16.6. The lowest BCUT2D eigenvalue weighted by molar-refractivity contribution is -0.315. The number of Topliss-reactive ketones (excluding diaryl/α,β-unsaturated/α-hetero) is 1. The van der Waals surface area contributed by atoms with E-state index in [4.69, 9.17) is 20.6 Å². The molecule has 11 atom stereocenters. The van der Waals surface area contributed by atoms with Crippen LogP contribution < -0.4 is 5.32 Å². The molecule has 1 heterocycles. The molecule has 2 bridgehead atoms. The molecule has 3 fully saturated rings. The number of esters is 2. The highest BCUT2D eigenvalue weighted by Crippen LogP contribution is 2.65. The van der Waals surface area contributed by atoms with Crippen molar-refractivity contribution in [2.75, 3.05) is 6.61 Å². The van der Waals surface area contributed by atoms with E-state index in [1.165, 1.54) is 20.8 Å². The fraction of sp³-hybridized carbons (Fsp3) is 0.538. The summed E-state index contributed by atoms with van der Waals surface area (Å²) in [5.41, 5.74) is -5.75. The summed E-state index contributed by atoms with van der Waals surface area (Å²) in [7, 11) is 0. The van der Waals surface area contributed by atoms with Gasteiger partial charge in [0.25, 0.3) is 0 Å². The predicted octanol–water partition coefficient (Wildman–Crippen LogP) is 0.902. The van der Waals surface area contributed by atoms with Crippen LogP contribution >= 0.6 is 0 Å². The first-order chi connectivity index (χ1) is 23.9. The van der Waals surface area contributed by atoms with Crippen LogP contribution in [0.2, 0.25) is 0 Å². The van der Waals surface area contributed by atoms with Crippen LogP contribution in [-0.2, 0) is 33.4 Å². The molecule has 12 heteroatoms. The maximum atomic E-state index is 14.6. The Hall–Kier alpha value is -4.48. The average molecular weight is 702 g/mol. The van der Waals surface area contributed by atoms with Gasteiger partial charge in [-0.3, -0.25) is 9.59 Å². The number of nitrogens with one attached hydrogen (secondary N) is 1. The predicted molar refractivity (Wildman–Crippen MR) is 180 cm³/mol. The van der Waals surface area contributed by atoms with E-state index in [9.17, 15) is 39.6 Å². The van der Waals surface area contributed by atoms with E-state index < -0.39 is 100 Å². The van der Waals surface area contributed by atoms with Crippen molar-refractivity contribution in [2.45, 2.75) is 103 Å². The zero-order valence-electron chi connectivity index (χ0n) is 29.4. The molecule has 4 aliphatic rings. The Balaban J connectivity index is 1.65. The minimum Gasteiger partial charge on any atom is -0.456 e. The highest BCUT2D eigenvalue weighted by Gasteiger charge is 2.75. The van der Waals surface area contributed by atoms with Crippen molar-refractivity contribution in [3.8, 4) is 36.0 Å². The van der Waals surface area contributed by atoms with Gasteiger partial charge >= 0.3 is 11.9 Å². The molecule has 3 aliphatic carbocycles. The number of carbonyl (C=O) groups is 4. The number of hydrogen-bond donors (Lipinski definition) is 5. The number of carbonyl (C=O) groups excluding carboxylic acids is 4. The van der Waals surface area contributed by atoms with E-state index >= 15 is 0 Å². The third-order valence-electron chi connectivity index (χ3n) is 11.7. The second kappa shape index (κ2) is 13.6. The Morgan fingerprint density at radius 1 is 1.06 bits per heavy atom. The molecule has 51 heavy (non-hydrogen) atoms. The van der Waals surface area contributed by atoms with Gasteiger partial charge in [0, 0.05) is 42.4 Å². The summed E-state index contributed by atoms with van der Waals surface area (Å²) in [6, 6.07) is 7.10. The molecule has 5 rings (SSSR count). The van der Waals surface area contributed by atoms with Crippen LogP contribution in [0, 0.1) is 58.2 Å². The van der Waals surface area contributed by atoms with Crippen LogP contribution in [0.25, 0.3) is 0 Å². The number of ether oxygens (including phenoxy) is 3. The number of aliphatic hydroxyl groups is 4. The molecule has 12 nitrogen and oxygen atoms in total. The average Bonchev–Trinajstić information content (AvgIpc) is 3.07. The molecular formula is C39H43NO11. The normalized spacial score (nSPS) is 35.8. The lowest BCUT2D eigenvalue weighted by Crippen LogP contribution is -2.77. The topological polar surface area (TPSA) is 189 Å².